The number of halogens is 2. The molecule has 0 radical (unpaired) electrons. The van der Waals surface area contributed by atoms with Crippen LogP contribution in [0.3, 0.4) is 0 Å². The second-order valence-corrected chi connectivity index (χ2v) is 6.49. The maximum absolute atomic E-state index is 12.4. The molecular weight excluding hydrogens is 403 g/mol. The number of benzene rings is 2. The number of hydrogen-bond acceptors (Lipinski definition) is 5. The van der Waals surface area contributed by atoms with E-state index in [-0.39, 0.29) is 5.02 Å². The average molecular weight is 419 g/mol. The van der Waals surface area contributed by atoms with Gasteiger partial charge in [-0.25, -0.2) is 4.79 Å². The number of ether oxygens (including phenoxy) is 1. The zero-order chi connectivity index (χ0) is 19.9. The molecule has 0 fully saturated rings. The van der Waals surface area contributed by atoms with Gasteiger partial charge in [0.15, 0.2) is 6.61 Å². The molecule has 3 aromatic rings. The fourth-order valence-electron chi connectivity index (χ4n) is 2.41. The number of para-hydroxylation sites is 1. The van der Waals surface area contributed by atoms with Crippen LogP contribution in [0.25, 0.3) is 0 Å². The molecule has 0 aliphatic rings. The van der Waals surface area contributed by atoms with Crippen molar-refractivity contribution >= 4 is 46.5 Å². The topological polar surface area (TPSA) is 80.6 Å². The van der Waals surface area contributed by atoms with Gasteiger partial charge in [0.1, 0.15) is 5.76 Å². The number of hydrogen-bond donors (Lipinski definition) is 2. The average Bonchev–Trinajstić information content (AvgIpc) is 3.22. The first-order valence-corrected chi connectivity index (χ1v) is 9.06. The van der Waals surface area contributed by atoms with Gasteiger partial charge in [0, 0.05) is 5.69 Å². The summed E-state index contributed by atoms with van der Waals surface area (Å²) in [5.41, 5.74) is 1.22. The van der Waals surface area contributed by atoms with E-state index in [0.29, 0.717) is 28.5 Å². The van der Waals surface area contributed by atoms with Crippen molar-refractivity contribution in [3.63, 3.8) is 0 Å². The third-order valence-corrected chi connectivity index (χ3v) is 4.56. The van der Waals surface area contributed by atoms with Crippen LogP contribution in [0.4, 0.5) is 11.4 Å². The Hall–Kier alpha value is -2.96. The molecule has 0 aliphatic heterocycles. The number of carbonyl (C=O) groups excluding carboxylic acids is 2. The maximum atomic E-state index is 12.4. The molecule has 2 N–H and O–H groups in total. The highest BCUT2D eigenvalue weighted by molar-refractivity contribution is 6.44. The van der Waals surface area contributed by atoms with Gasteiger partial charge in [-0.1, -0.05) is 41.4 Å². The minimum absolute atomic E-state index is 0.219. The molecule has 1 amide bonds. The number of amides is 1. The highest BCUT2D eigenvalue weighted by Gasteiger charge is 2.15. The minimum atomic E-state index is -0.630. The van der Waals surface area contributed by atoms with Gasteiger partial charge in [0.25, 0.3) is 5.91 Å². The second-order valence-electron chi connectivity index (χ2n) is 5.70. The zero-order valence-corrected chi connectivity index (χ0v) is 16.1. The molecule has 2 aromatic carbocycles. The van der Waals surface area contributed by atoms with E-state index < -0.39 is 18.5 Å². The van der Waals surface area contributed by atoms with Crippen LogP contribution < -0.4 is 10.6 Å². The zero-order valence-electron chi connectivity index (χ0n) is 14.6. The molecule has 1 aromatic heterocycles. The standard InChI is InChI=1S/C20H16Cl2N2O4/c21-15-7-3-9-17(19(15)22)24-18(25)12-28-20(26)14-6-1-2-8-16(14)23-11-13-5-4-10-27-13/h1-10,23H,11-12H2,(H,24,25). The lowest BCUT2D eigenvalue weighted by atomic mass is 10.2. The molecular formula is C20H16Cl2N2O4. The van der Waals surface area contributed by atoms with Gasteiger partial charge < -0.3 is 19.8 Å². The van der Waals surface area contributed by atoms with Crippen molar-refractivity contribution in [1.29, 1.82) is 0 Å². The van der Waals surface area contributed by atoms with Gasteiger partial charge in [0.05, 0.1) is 34.1 Å². The monoisotopic (exact) mass is 418 g/mol. The Kier molecular flexibility index (Phi) is 6.57. The summed E-state index contributed by atoms with van der Waals surface area (Å²) in [4.78, 5) is 24.5. The van der Waals surface area contributed by atoms with E-state index in [9.17, 15) is 9.59 Å². The predicted molar refractivity (Wildman–Crippen MR) is 108 cm³/mol. The highest BCUT2D eigenvalue weighted by Crippen LogP contribution is 2.29. The number of nitrogens with one attached hydrogen (secondary N) is 2. The molecule has 0 saturated carbocycles. The molecule has 144 valence electrons. The Morgan fingerprint density at radius 3 is 2.54 bits per heavy atom. The number of esters is 1. The first-order chi connectivity index (χ1) is 13.5. The molecule has 0 saturated heterocycles. The lowest BCUT2D eigenvalue weighted by Crippen LogP contribution is -2.21. The number of furan rings is 1. The van der Waals surface area contributed by atoms with Crippen molar-refractivity contribution in [3.8, 4) is 0 Å². The summed E-state index contributed by atoms with van der Waals surface area (Å²) in [7, 11) is 0. The van der Waals surface area contributed by atoms with E-state index >= 15 is 0 Å². The molecule has 0 atom stereocenters. The summed E-state index contributed by atoms with van der Waals surface area (Å²) in [6, 6.07) is 15.3. The normalized spacial score (nSPS) is 10.4. The van der Waals surface area contributed by atoms with E-state index in [0.717, 1.165) is 5.76 Å². The minimum Gasteiger partial charge on any atom is -0.467 e. The Morgan fingerprint density at radius 1 is 0.964 bits per heavy atom. The maximum Gasteiger partial charge on any atom is 0.340 e. The largest absolute Gasteiger partial charge is 0.467 e. The van der Waals surface area contributed by atoms with Gasteiger partial charge in [-0.2, -0.15) is 0 Å². The third-order valence-electron chi connectivity index (χ3n) is 3.74. The highest BCUT2D eigenvalue weighted by atomic mass is 35.5. The van der Waals surface area contributed by atoms with Crippen molar-refractivity contribution in [2.45, 2.75) is 6.54 Å². The van der Waals surface area contributed by atoms with Gasteiger partial charge in [-0.05, 0) is 36.4 Å². The van der Waals surface area contributed by atoms with Crippen LogP contribution in [0.15, 0.2) is 65.3 Å². The number of anilines is 2. The Balaban J connectivity index is 1.58. The lowest BCUT2D eigenvalue weighted by molar-refractivity contribution is -0.119. The van der Waals surface area contributed by atoms with Gasteiger partial charge >= 0.3 is 5.97 Å². The quantitative estimate of drug-likeness (QED) is 0.528. The summed E-state index contributed by atoms with van der Waals surface area (Å²) in [5, 5.41) is 6.20. The smallest absolute Gasteiger partial charge is 0.340 e. The van der Waals surface area contributed by atoms with Crippen LogP contribution in [0, 0.1) is 0 Å². The van der Waals surface area contributed by atoms with E-state index in [4.69, 9.17) is 32.4 Å². The van der Waals surface area contributed by atoms with Crippen molar-refractivity contribution in [2.75, 3.05) is 17.2 Å². The van der Waals surface area contributed by atoms with Crippen LogP contribution in [-0.4, -0.2) is 18.5 Å². The third kappa shape index (κ3) is 5.06. The van der Waals surface area contributed by atoms with E-state index in [2.05, 4.69) is 10.6 Å². The fraction of sp³-hybridized carbons (Fsp3) is 0.100. The molecule has 28 heavy (non-hydrogen) atoms. The lowest BCUT2D eigenvalue weighted by Gasteiger charge is -2.11. The SMILES string of the molecule is O=C(COC(=O)c1ccccc1NCc1ccco1)Nc1cccc(Cl)c1Cl. The fourth-order valence-corrected chi connectivity index (χ4v) is 2.75. The number of rotatable bonds is 7. The molecule has 0 bridgehead atoms. The predicted octanol–water partition coefficient (Wildman–Crippen LogP) is 4.99. The van der Waals surface area contributed by atoms with Gasteiger partial charge in [-0.15, -0.1) is 0 Å². The molecule has 1 heterocycles. The Labute approximate surface area is 171 Å². The van der Waals surface area contributed by atoms with Crippen molar-refractivity contribution < 1.29 is 18.7 Å². The van der Waals surface area contributed by atoms with Gasteiger partial charge in [-0.3, -0.25) is 4.79 Å². The first kappa shape index (κ1) is 19.8. The van der Waals surface area contributed by atoms with Crippen LogP contribution in [-0.2, 0) is 16.1 Å². The summed E-state index contributed by atoms with van der Waals surface area (Å²) < 4.78 is 10.4. The molecule has 0 aliphatic carbocycles. The molecule has 6 nitrogen and oxygen atoms in total. The molecule has 3 rings (SSSR count). The Morgan fingerprint density at radius 2 is 1.75 bits per heavy atom. The summed E-state index contributed by atoms with van der Waals surface area (Å²) in [6.07, 6.45) is 1.57. The van der Waals surface area contributed by atoms with Crippen LogP contribution in [0.1, 0.15) is 16.1 Å². The van der Waals surface area contributed by atoms with Crippen LogP contribution in [0.2, 0.25) is 10.0 Å². The van der Waals surface area contributed by atoms with E-state index in [1.807, 2.05) is 6.07 Å². The summed E-state index contributed by atoms with van der Waals surface area (Å²) in [5.74, 6) is -0.436. The van der Waals surface area contributed by atoms with Crippen molar-refractivity contribution in [2.24, 2.45) is 0 Å². The second kappa shape index (κ2) is 9.30. The van der Waals surface area contributed by atoms with Crippen molar-refractivity contribution in [1.82, 2.24) is 0 Å². The molecule has 0 spiro atoms. The summed E-state index contributed by atoms with van der Waals surface area (Å²) >= 11 is 11.9. The first-order valence-electron chi connectivity index (χ1n) is 8.31. The molecule has 0 unspecified atom stereocenters. The van der Waals surface area contributed by atoms with Crippen LogP contribution >= 0.6 is 23.2 Å². The van der Waals surface area contributed by atoms with Crippen LogP contribution in [0.5, 0.6) is 0 Å². The number of carbonyl (C=O) groups is 2. The van der Waals surface area contributed by atoms with E-state index in [1.54, 1.807) is 54.8 Å². The Bertz CT molecular complexity index is 974. The van der Waals surface area contributed by atoms with Gasteiger partial charge in [0.2, 0.25) is 0 Å². The van der Waals surface area contributed by atoms with Crippen molar-refractivity contribution in [3.05, 3.63) is 82.2 Å². The molecule has 8 heteroatoms. The van der Waals surface area contributed by atoms with E-state index in [1.165, 1.54) is 0 Å². The summed E-state index contributed by atoms with van der Waals surface area (Å²) in [6.45, 7) is -0.0563.